The normalized spacial score (nSPS) is 26.9. The third-order valence-electron chi connectivity index (χ3n) is 2.62. The molecule has 0 aromatic heterocycles. The lowest BCUT2D eigenvalue weighted by atomic mass is 9.91. The van der Waals surface area contributed by atoms with E-state index < -0.39 is 23.9 Å². The van der Waals surface area contributed by atoms with Gasteiger partial charge in [0.15, 0.2) is 0 Å². The van der Waals surface area contributed by atoms with Gasteiger partial charge in [0.05, 0.1) is 18.5 Å². The number of hydrogen-bond donors (Lipinski definition) is 2. The highest BCUT2D eigenvalue weighted by molar-refractivity contribution is 5.76. The van der Waals surface area contributed by atoms with Gasteiger partial charge in [0.25, 0.3) is 0 Å². The number of hydrogen-bond acceptors (Lipinski definition) is 4. The molecule has 82 valence electrons. The molecule has 1 rings (SSSR count). The summed E-state index contributed by atoms with van der Waals surface area (Å²) in [6.07, 6.45) is 0.479. The van der Waals surface area contributed by atoms with Gasteiger partial charge in [0.2, 0.25) is 0 Å². The largest absolute Gasteiger partial charge is 0.481 e. The standard InChI is InChI=1S/C9H12N2O4/c10-2-4-11-3-1-6(8(12)13)5-7(11)9(14)15/h6-7H,1,3-5H2,(H,12,13)(H,14,15)/t6-,7+/m1/s1. The Hall–Kier alpha value is -1.61. The van der Waals surface area contributed by atoms with Gasteiger partial charge >= 0.3 is 11.9 Å². The molecule has 0 radical (unpaired) electrons. The molecule has 0 bridgehead atoms. The van der Waals surface area contributed by atoms with Crippen molar-refractivity contribution in [1.82, 2.24) is 4.90 Å². The molecule has 0 amide bonds. The lowest BCUT2D eigenvalue weighted by Crippen LogP contribution is -2.48. The zero-order valence-electron chi connectivity index (χ0n) is 8.09. The number of likely N-dealkylation sites (tertiary alicyclic amines) is 1. The van der Waals surface area contributed by atoms with Crippen LogP contribution >= 0.6 is 0 Å². The second-order valence-electron chi connectivity index (χ2n) is 3.54. The van der Waals surface area contributed by atoms with Crippen LogP contribution in [-0.4, -0.2) is 46.2 Å². The Bertz CT molecular complexity index is 310. The van der Waals surface area contributed by atoms with Crippen molar-refractivity contribution in [2.75, 3.05) is 13.1 Å². The highest BCUT2D eigenvalue weighted by Gasteiger charge is 2.35. The monoisotopic (exact) mass is 212 g/mol. The van der Waals surface area contributed by atoms with Gasteiger partial charge in [0.1, 0.15) is 6.04 Å². The summed E-state index contributed by atoms with van der Waals surface area (Å²) < 4.78 is 0. The third kappa shape index (κ3) is 2.67. The topological polar surface area (TPSA) is 102 Å². The quantitative estimate of drug-likeness (QED) is 0.626. The molecule has 0 aromatic rings. The molecule has 0 spiro atoms. The lowest BCUT2D eigenvalue weighted by Gasteiger charge is -2.33. The van der Waals surface area contributed by atoms with Crippen molar-refractivity contribution >= 4 is 11.9 Å². The number of rotatable bonds is 3. The minimum Gasteiger partial charge on any atom is -0.481 e. The van der Waals surface area contributed by atoms with Gasteiger partial charge in [-0.25, -0.2) is 0 Å². The fraction of sp³-hybridized carbons (Fsp3) is 0.667. The molecule has 0 unspecified atom stereocenters. The predicted octanol–water partition coefficient (Wildman–Crippen LogP) is -0.240. The Morgan fingerprint density at radius 2 is 2.07 bits per heavy atom. The molecule has 1 saturated heterocycles. The summed E-state index contributed by atoms with van der Waals surface area (Å²) in [5.41, 5.74) is 0. The van der Waals surface area contributed by atoms with Gasteiger partial charge in [0, 0.05) is 6.54 Å². The van der Waals surface area contributed by atoms with E-state index >= 15 is 0 Å². The summed E-state index contributed by atoms with van der Waals surface area (Å²) in [6.45, 7) is 0.380. The summed E-state index contributed by atoms with van der Waals surface area (Å²) >= 11 is 0. The molecule has 2 N–H and O–H groups in total. The van der Waals surface area contributed by atoms with Crippen LogP contribution in [0, 0.1) is 17.2 Å². The molecule has 2 atom stereocenters. The second kappa shape index (κ2) is 4.75. The van der Waals surface area contributed by atoms with E-state index in [0.29, 0.717) is 13.0 Å². The van der Waals surface area contributed by atoms with Crippen LogP contribution in [0.2, 0.25) is 0 Å². The second-order valence-corrected chi connectivity index (χ2v) is 3.54. The number of carboxylic acid groups (broad SMARTS) is 2. The molecule has 1 aliphatic heterocycles. The van der Waals surface area contributed by atoms with E-state index in [9.17, 15) is 9.59 Å². The van der Waals surface area contributed by atoms with Crippen molar-refractivity contribution in [3.05, 3.63) is 0 Å². The predicted molar refractivity (Wildman–Crippen MR) is 49.0 cm³/mol. The summed E-state index contributed by atoms with van der Waals surface area (Å²) in [5.74, 6) is -2.63. The van der Waals surface area contributed by atoms with Crippen LogP contribution in [0.25, 0.3) is 0 Å². The van der Waals surface area contributed by atoms with Crippen LogP contribution in [0.15, 0.2) is 0 Å². The number of nitriles is 1. The van der Waals surface area contributed by atoms with Gasteiger partial charge in [-0.2, -0.15) is 5.26 Å². The molecular formula is C9H12N2O4. The van der Waals surface area contributed by atoms with E-state index in [-0.39, 0.29) is 13.0 Å². The first-order chi connectivity index (χ1) is 7.06. The Morgan fingerprint density at radius 1 is 1.40 bits per heavy atom. The van der Waals surface area contributed by atoms with E-state index in [1.165, 1.54) is 4.90 Å². The molecule has 1 aliphatic rings. The molecule has 0 saturated carbocycles. The Balaban J connectivity index is 2.70. The minimum atomic E-state index is -1.06. The highest BCUT2D eigenvalue weighted by Crippen LogP contribution is 2.23. The van der Waals surface area contributed by atoms with E-state index in [0.717, 1.165) is 0 Å². The average molecular weight is 212 g/mol. The number of nitrogens with zero attached hydrogens (tertiary/aromatic N) is 2. The lowest BCUT2D eigenvalue weighted by molar-refractivity contribution is -0.149. The van der Waals surface area contributed by atoms with Crippen molar-refractivity contribution < 1.29 is 19.8 Å². The van der Waals surface area contributed by atoms with Gasteiger partial charge in [-0.1, -0.05) is 0 Å². The van der Waals surface area contributed by atoms with Crippen molar-refractivity contribution in [1.29, 1.82) is 5.26 Å². The molecule has 1 fully saturated rings. The fourth-order valence-corrected chi connectivity index (χ4v) is 1.78. The van der Waals surface area contributed by atoms with Gasteiger partial charge in [-0.15, -0.1) is 0 Å². The van der Waals surface area contributed by atoms with Crippen molar-refractivity contribution in [2.24, 2.45) is 5.92 Å². The Morgan fingerprint density at radius 3 is 2.53 bits per heavy atom. The van der Waals surface area contributed by atoms with Crippen LogP contribution in [0.1, 0.15) is 12.8 Å². The Kier molecular flexibility index (Phi) is 3.63. The zero-order valence-corrected chi connectivity index (χ0v) is 8.09. The van der Waals surface area contributed by atoms with Gasteiger partial charge < -0.3 is 10.2 Å². The van der Waals surface area contributed by atoms with E-state index in [1.807, 2.05) is 6.07 Å². The van der Waals surface area contributed by atoms with Crippen LogP contribution in [0.4, 0.5) is 0 Å². The summed E-state index contributed by atoms with van der Waals surface area (Å²) in [6, 6.07) is 1.03. The third-order valence-corrected chi connectivity index (χ3v) is 2.62. The molecule has 1 heterocycles. The summed E-state index contributed by atoms with van der Waals surface area (Å²) in [7, 11) is 0. The van der Waals surface area contributed by atoms with Crippen molar-refractivity contribution in [2.45, 2.75) is 18.9 Å². The van der Waals surface area contributed by atoms with E-state index in [4.69, 9.17) is 15.5 Å². The van der Waals surface area contributed by atoms with E-state index in [2.05, 4.69) is 0 Å². The first kappa shape index (κ1) is 11.5. The van der Waals surface area contributed by atoms with Gasteiger partial charge in [-0.05, 0) is 12.8 Å². The van der Waals surface area contributed by atoms with Crippen LogP contribution in [-0.2, 0) is 9.59 Å². The van der Waals surface area contributed by atoms with Crippen molar-refractivity contribution in [3.8, 4) is 6.07 Å². The molecule has 6 nitrogen and oxygen atoms in total. The van der Waals surface area contributed by atoms with Crippen LogP contribution in [0.3, 0.4) is 0 Å². The van der Waals surface area contributed by atoms with Crippen LogP contribution < -0.4 is 0 Å². The SMILES string of the molecule is N#CCN1CC[C@@H](C(=O)O)C[C@H]1C(=O)O. The first-order valence-electron chi connectivity index (χ1n) is 4.63. The molecule has 15 heavy (non-hydrogen) atoms. The molecular weight excluding hydrogens is 200 g/mol. The molecule has 0 aromatic carbocycles. The minimum absolute atomic E-state index is 0.0311. The molecule has 0 aliphatic carbocycles. The van der Waals surface area contributed by atoms with E-state index in [1.54, 1.807) is 0 Å². The van der Waals surface area contributed by atoms with Crippen LogP contribution in [0.5, 0.6) is 0 Å². The number of piperidine rings is 1. The zero-order chi connectivity index (χ0) is 11.4. The average Bonchev–Trinajstić information content (AvgIpc) is 2.18. The summed E-state index contributed by atoms with van der Waals surface area (Å²) in [4.78, 5) is 23.1. The Labute approximate surface area is 86.7 Å². The maximum atomic E-state index is 10.9. The maximum Gasteiger partial charge on any atom is 0.320 e. The number of carboxylic acids is 2. The maximum absolute atomic E-state index is 10.9. The molecule has 6 heteroatoms. The van der Waals surface area contributed by atoms with Gasteiger partial charge in [-0.3, -0.25) is 14.5 Å². The summed E-state index contributed by atoms with van der Waals surface area (Å²) in [5, 5.41) is 26.2. The first-order valence-corrected chi connectivity index (χ1v) is 4.63. The number of aliphatic carboxylic acids is 2. The smallest absolute Gasteiger partial charge is 0.320 e. The highest BCUT2D eigenvalue weighted by atomic mass is 16.4. The number of carbonyl (C=O) groups is 2. The fourth-order valence-electron chi connectivity index (χ4n) is 1.78. The van der Waals surface area contributed by atoms with Crippen molar-refractivity contribution in [3.63, 3.8) is 0 Å².